The summed E-state index contributed by atoms with van der Waals surface area (Å²) in [6, 6.07) is 17.6. The predicted octanol–water partition coefficient (Wildman–Crippen LogP) is 1.53. The van der Waals surface area contributed by atoms with Crippen LogP contribution >= 0.6 is 0 Å². The van der Waals surface area contributed by atoms with Crippen LogP contribution in [0, 0.1) is 0 Å². The molecule has 3 N–H and O–H groups in total. The third-order valence-corrected chi connectivity index (χ3v) is 3.60. The molecule has 0 atom stereocenters. The molecule has 0 aliphatic heterocycles. The second-order valence-corrected chi connectivity index (χ2v) is 5.54. The fraction of sp³-hybridized carbons (Fsp3) is 0.0526. The van der Waals surface area contributed by atoms with E-state index >= 15 is 0 Å². The Morgan fingerprint density at radius 1 is 0.926 bits per heavy atom. The number of esters is 1. The molecule has 0 bridgehead atoms. The van der Waals surface area contributed by atoms with Crippen molar-refractivity contribution in [2.45, 2.75) is 0 Å². The molecule has 136 valence electrons. The van der Waals surface area contributed by atoms with Gasteiger partial charge in [-0.25, -0.2) is 9.59 Å². The zero-order valence-corrected chi connectivity index (χ0v) is 14.0. The van der Waals surface area contributed by atoms with Gasteiger partial charge >= 0.3 is 11.7 Å². The first-order valence-electron chi connectivity index (χ1n) is 7.98. The number of nitrogens with one attached hydrogen (secondary N) is 3. The molecular weight excluding hydrogens is 350 g/mol. The van der Waals surface area contributed by atoms with Crippen LogP contribution in [0.4, 0.5) is 5.69 Å². The average molecular weight is 365 g/mol. The molecule has 1 heterocycles. The summed E-state index contributed by atoms with van der Waals surface area (Å²) in [7, 11) is 0. The van der Waals surface area contributed by atoms with Crippen molar-refractivity contribution >= 4 is 17.6 Å². The van der Waals surface area contributed by atoms with E-state index in [0.29, 0.717) is 5.69 Å². The summed E-state index contributed by atoms with van der Waals surface area (Å²) in [6.45, 7) is -0.573. The van der Waals surface area contributed by atoms with Gasteiger partial charge < -0.3 is 15.0 Å². The lowest BCUT2D eigenvalue weighted by molar-refractivity contribution is -0.119. The number of amides is 1. The number of carbonyl (C=O) groups excluding carboxylic acids is 2. The minimum absolute atomic E-state index is 0.332. The number of rotatable bonds is 5. The molecule has 0 fully saturated rings. The smallest absolute Gasteiger partial charge is 0.355 e. The van der Waals surface area contributed by atoms with Crippen molar-refractivity contribution in [3.8, 4) is 11.1 Å². The molecule has 3 aromatic rings. The van der Waals surface area contributed by atoms with Gasteiger partial charge in [0.1, 0.15) is 5.69 Å². The molecule has 8 nitrogen and oxygen atoms in total. The Hall–Kier alpha value is -3.94. The summed E-state index contributed by atoms with van der Waals surface area (Å²) in [4.78, 5) is 50.4. The van der Waals surface area contributed by atoms with Gasteiger partial charge in [0.2, 0.25) is 0 Å². The summed E-state index contributed by atoms with van der Waals surface area (Å²) in [5.74, 6) is -1.54. The van der Waals surface area contributed by atoms with Crippen LogP contribution in [0.2, 0.25) is 0 Å². The molecule has 0 saturated carbocycles. The highest BCUT2D eigenvalue weighted by Crippen LogP contribution is 2.27. The van der Waals surface area contributed by atoms with E-state index in [2.05, 4.69) is 10.3 Å². The first kappa shape index (κ1) is 17.9. The highest BCUT2D eigenvalue weighted by molar-refractivity contribution is 5.97. The van der Waals surface area contributed by atoms with Crippen LogP contribution in [0.5, 0.6) is 0 Å². The minimum atomic E-state index is -0.982. The lowest BCUT2D eigenvalue weighted by Gasteiger charge is -2.11. The zero-order valence-electron chi connectivity index (χ0n) is 14.0. The number of aromatic nitrogens is 2. The number of hydrogen-bond donors (Lipinski definition) is 3. The minimum Gasteiger partial charge on any atom is -0.451 e. The van der Waals surface area contributed by atoms with Gasteiger partial charge in [-0.3, -0.25) is 14.6 Å². The predicted molar refractivity (Wildman–Crippen MR) is 98.5 cm³/mol. The number of ether oxygens (including phenoxy) is 1. The zero-order chi connectivity index (χ0) is 19.2. The third-order valence-electron chi connectivity index (χ3n) is 3.60. The van der Waals surface area contributed by atoms with Crippen molar-refractivity contribution in [3.63, 3.8) is 0 Å². The molecule has 0 aliphatic carbocycles. The Bertz CT molecular complexity index is 1060. The maximum atomic E-state index is 12.1. The van der Waals surface area contributed by atoms with E-state index in [-0.39, 0.29) is 5.69 Å². The molecule has 27 heavy (non-hydrogen) atoms. The van der Waals surface area contributed by atoms with Crippen molar-refractivity contribution in [1.82, 2.24) is 9.97 Å². The quantitative estimate of drug-likeness (QED) is 0.592. The number of H-pyrrole nitrogens is 2. The molecule has 0 radical (unpaired) electrons. The normalized spacial score (nSPS) is 10.2. The Kier molecular flexibility index (Phi) is 5.27. The number of benzene rings is 2. The van der Waals surface area contributed by atoms with Gasteiger partial charge in [-0.05, 0) is 11.6 Å². The third kappa shape index (κ3) is 4.57. The van der Waals surface area contributed by atoms with Gasteiger partial charge in [-0.2, -0.15) is 0 Å². The second kappa shape index (κ2) is 7.96. The van der Waals surface area contributed by atoms with Gasteiger partial charge in [-0.15, -0.1) is 0 Å². The molecule has 2 aromatic carbocycles. The first-order valence-corrected chi connectivity index (χ1v) is 7.98. The van der Waals surface area contributed by atoms with E-state index in [9.17, 15) is 19.2 Å². The van der Waals surface area contributed by atoms with E-state index in [1.165, 1.54) is 0 Å². The monoisotopic (exact) mass is 365 g/mol. The van der Waals surface area contributed by atoms with E-state index in [0.717, 1.165) is 17.2 Å². The average Bonchev–Trinajstić information content (AvgIpc) is 2.66. The molecule has 8 heteroatoms. The topological polar surface area (TPSA) is 121 Å². The lowest BCUT2D eigenvalue weighted by Crippen LogP contribution is -2.27. The highest BCUT2D eigenvalue weighted by atomic mass is 16.5. The molecular formula is C19H15N3O5. The van der Waals surface area contributed by atoms with Gasteiger partial charge in [0.25, 0.3) is 11.5 Å². The molecule has 0 aliphatic rings. The van der Waals surface area contributed by atoms with Crippen LogP contribution in [-0.4, -0.2) is 28.5 Å². The summed E-state index contributed by atoms with van der Waals surface area (Å²) in [5.41, 5.74) is 0.390. The first-order chi connectivity index (χ1) is 13.0. The Labute approximate surface area is 152 Å². The van der Waals surface area contributed by atoms with Crippen molar-refractivity contribution in [2.24, 2.45) is 0 Å². The summed E-state index contributed by atoms with van der Waals surface area (Å²) < 4.78 is 4.84. The van der Waals surface area contributed by atoms with Crippen molar-refractivity contribution < 1.29 is 14.3 Å². The number of hydrogen-bond acceptors (Lipinski definition) is 5. The van der Waals surface area contributed by atoms with E-state index < -0.39 is 29.7 Å². The maximum Gasteiger partial charge on any atom is 0.355 e. The van der Waals surface area contributed by atoms with Crippen molar-refractivity contribution in [3.05, 3.63) is 87.2 Å². The van der Waals surface area contributed by atoms with E-state index in [1.807, 2.05) is 47.4 Å². The molecule has 0 saturated heterocycles. The van der Waals surface area contributed by atoms with E-state index in [4.69, 9.17) is 4.74 Å². The van der Waals surface area contributed by atoms with Crippen LogP contribution in [0.3, 0.4) is 0 Å². The van der Waals surface area contributed by atoms with Crippen molar-refractivity contribution in [1.29, 1.82) is 0 Å². The van der Waals surface area contributed by atoms with Crippen LogP contribution in [0.25, 0.3) is 11.1 Å². The second-order valence-electron chi connectivity index (χ2n) is 5.54. The Morgan fingerprint density at radius 2 is 1.63 bits per heavy atom. The van der Waals surface area contributed by atoms with Gasteiger partial charge in [0.15, 0.2) is 6.61 Å². The standard InChI is InChI=1S/C19H15N3O5/c23-16-10-15(21-19(26)22-16)18(25)27-11-17(24)20-14-9-5-4-8-13(14)12-6-2-1-3-7-12/h1-10H,11H2,(H,20,24)(H2,21,22,23,26). The van der Waals surface area contributed by atoms with Crippen molar-refractivity contribution in [2.75, 3.05) is 11.9 Å². The number of aromatic amines is 2. The molecule has 1 amide bonds. The summed E-state index contributed by atoms with van der Waals surface area (Å²) in [5, 5.41) is 2.68. The largest absolute Gasteiger partial charge is 0.451 e. The van der Waals surface area contributed by atoms with Crippen LogP contribution in [0.15, 0.2) is 70.3 Å². The SMILES string of the molecule is O=C(COC(=O)c1cc(=O)[nH]c(=O)[nH]1)Nc1ccccc1-c1ccccc1. The highest BCUT2D eigenvalue weighted by Gasteiger charge is 2.13. The summed E-state index contributed by atoms with van der Waals surface area (Å²) >= 11 is 0. The number of para-hydroxylation sites is 1. The fourth-order valence-corrected chi connectivity index (χ4v) is 2.44. The number of carbonyl (C=O) groups is 2. The number of anilines is 1. The van der Waals surface area contributed by atoms with Crippen LogP contribution in [-0.2, 0) is 9.53 Å². The molecule has 1 aromatic heterocycles. The van der Waals surface area contributed by atoms with E-state index in [1.54, 1.807) is 12.1 Å². The van der Waals surface area contributed by atoms with Gasteiger partial charge in [0, 0.05) is 17.3 Å². The fourth-order valence-electron chi connectivity index (χ4n) is 2.44. The summed E-state index contributed by atoms with van der Waals surface area (Å²) in [6.07, 6.45) is 0. The van der Waals surface area contributed by atoms with Gasteiger partial charge in [0.05, 0.1) is 0 Å². The van der Waals surface area contributed by atoms with Gasteiger partial charge in [-0.1, -0.05) is 48.5 Å². The molecule has 0 spiro atoms. The van der Waals surface area contributed by atoms with Crippen LogP contribution < -0.4 is 16.6 Å². The maximum absolute atomic E-state index is 12.1. The Morgan fingerprint density at radius 3 is 2.37 bits per heavy atom. The lowest BCUT2D eigenvalue weighted by atomic mass is 10.0. The Balaban J connectivity index is 1.68. The molecule has 3 rings (SSSR count). The van der Waals surface area contributed by atoms with Crippen LogP contribution in [0.1, 0.15) is 10.5 Å². The molecule has 0 unspecified atom stereocenters.